The van der Waals surface area contributed by atoms with Crippen molar-refractivity contribution < 1.29 is 9.72 Å². The predicted octanol–water partition coefficient (Wildman–Crippen LogP) is 3.36. The van der Waals surface area contributed by atoms with Crippen LogP contribution in [0.5, 0.6) is 0 Å². The van der Waals surface area contributed by atoms with Crippen LogP contribution in [0.4, 0.5) is 5.69 Å². The van der Waals surface area contributed by atoms with Gasteiger partial charge in [-0.2, -0.15) is 0 Å². The smallest absolute Gasteiger partial charge is 0.270 e. The van der Waals surface area contributed by atoms with E-state index in [-0.39, 0.29) is 11.5 Å². The van der Waals surface area contributed by atoms with Gasteiger partial charge in [0.15, 0.2) is 5.78 Å². The Morgan fingerprint density at radius 3 is 2.29 bits per heavy atom. The highest BCUT2D eigenvalue weighted by Gasteiger charge is 2.28. The fourth-order valence-corrected chi connectivity index (χ4v) is 2.33. The van der Waals surface area contributed by atoms with Crippen LogP contribution in [0.1, 0.15) is 42.6 Å². The number of ketones is 1. The van der Waals surface area contributed by atoms with Crippen LogP contribution < -0.4 is 0 Å². The summed E-state index contributed by atoms with van der Waals surface area (Å²) in [4.78, 5) is 22.4. The molecule has 0 amide bonds. The summed E-state index contributed by atoms with van der Waals surface area (Å²) in [5.41, 5.74) is 3.13. The van der Waals surface area contributed by atoms with Crippen LogP contribution in [0, 0.1) is 10.1 Å². The summed E-state index contributed by atoms with van der Waals surface area (Å²) in [7, 11) is 0. The summed E-state index contributed by atoms with van der Waals surface area (Å²) in [5, 5.41) is 10.7. The topological polar surface area (TPSA) is 60.2 Å². The third-order valence-corrected chi connectivity index (χ3v) is 3.13. The lowest BCUT2D eigenvalue weighted by atomic mass is 10.0. The van der Waals surface area contributed by atoms with Gasteiger partial charge in [0.2, 0.25) is 0 Å². The molecule has 0 saturated heterocycles. The second-order valence-corrected chi connectivity index (χ2v) is 3.98. The molecular formula is C13H13NO3. The van der Waals surface area contributed by atoms with Gasteiger partial charge in [-0.1, -0.05) is 13.8 Å². The molecule has 88 valence electrons. The molecule has 1 aliphatic rings. The van der Waals surface area contributed by atoms with E-state index in [2.05, 4.69) is 0 Å². The zero-order valence-corrected chi connectivity index (χ0v) is 9.82. The maximum absolute atomic E-state index is 12.1. The Morgan fingerprint density at radius 1 is 1.12 bits per heavy atom. The molecule has 1 aromatic carbocycles. The zero-order chi connectivity index (χ0) is 12.6. The maximum Gasteiger partial charge on any atom is 0.270 e. The van der Waals surface area contributed by atoms with Gasteiger partial charge < -0.3 is 0 Å². The van der Waals surface area contributed by atoms with E-state index in [4.69, 9.17) is 0 Å². The first-order valence-corrected chi connectivity index (χ1v) is 5.65. The summed E-state index contributed by atoms with van der Waals surface area (Å²) < 4.78 is 0. The van der Waals surface area contributed by atoms with Crippen molar-refractivity contribution in [1.82, 2.24) is 0 Å². The van der Waals surface area contributed by atoms with E-state index < -0.39 is 4.92 Å². The van der Waals surface area contributed by atoms with Crippen molar-refractivity contribution in [1.29, 1.82) is 0 Å². The molecule has 0 N–H and O–H groups in total. The molecule has 0 unspecified atom stereocenters. The Hall–Kier alpha value is -1.97. The first-order chi connectivity index (χ1) is 8.10. The Labute approximate surface area is 99.1 Å². The average molecular weight is 231 g/mol. The van der Waals surface area contributed by atoms with E-state index >= 15 is 0 Å². The number of hydrogen-bond donors (Lipinski definition) is 0. The molecule has 4 nitrogen and oxygen atoms in total. The SMILES string of the molecule is CCC1=C(CC)c2cc([N+](=O)[O-])ccc2C1=O. The van der Waals surface area contributed by atoms with E-state index in [0.29, 0.717) is 12.0 Å². The van der Waals surface area contributed by atoms with Gasteiger partial charge in [-0.05, 0) is 30.0 Å². The number of nitrogens with zero attached hydrogens (tertiary/aromatic N) is 1. The predicted molar refractivity (Wildman–Crippen MR) is 64.9 cm³/mol. The number of rotatable bonds is 3. The number of carbonyl (C=O) groups excluding carboxylic acids is 1. The molecule has 17 heavy (non-hydrogen) atoms. The molecule has 0 aliphatic heterocycles. The van der Waals surface area contributed by atoms with Crippen LogP contribution in [0.2, 0.25) is 0 Å². The van der Waals surface area contributed by atoms with Crippen molar-refractivity contribution in [3.8, 4) is 0 Å². The molecule has 1 aliphatic carbocycles. The number of nitro benzene ring substituents is 1. The van der Waals surface area contributed by atoms with E-state index in [1.165, 1.54) is 12.1 Å². The van der Waals surface area contributed by atoms with E-state index in [9.17, 15) is 14.9 Å². The van der Waals surface area contributed by atoms with Crippen molar-refractivity contribution in [2.75, 3.05) is 0 Å². The Balaban J connectivity index is 2.63. The summed E-state index contributed by atoms with van der Waals surface area (Å²) in [6, 6.07) is 4.46. The van der Waals surface area contributed by atoms with Crippen molar-refractivity contribution >= 4 is 17.0 Å². The molecule has 0 saturated carbocycles. The number of carbonyl (C=O) groups is 1. The fraction of sp³-hybridized carbons (Fsp3) is 0.308. The van der Waals surface area contributed by atoms with Crippen molar-refractivity contribution in [3.05, 3.63) is 45.0 Å². The minimum atomic E-state index is -0.429. The van der Waals surface area contributed by atoms with Gasteiger partial charge in [0, 0.05) is 23.3 Å². The van der Waals surface area contributed by atoms with E-state index in [1.54, 1.807) is 6.07 Å². The highest BCUT2D eigenvalue weighted by Crippen LogP contribution is 2.37. The van der Waals surface area contributed by atoms with Gasteiger partial charge in [-0.3, -0.25) is 14.9 Å². The molecule has 0 heterocycles. The van der Waals surface area contributed by atoms with Gasteiger partial charge in [-0.25, -0.2) is 0 Å². The van der Waals surface area contributed by atoms with Gasteiger partial charge in [0.05, 0.1) is 4.92 Å². The largest absolute Gasteiger partial charge is 0.289 e. The number of hydrogen-bond acceptors (Lipinski definition) is 3. The summed E-state index contributed by atoms with van der Waals surface area (Å²) in [6.45, 7) is 3.90. The van der Waals surface area contributed by atoms with Crippen LogP contribution in [-0.4, -0.2) is 10.7 Å². The van der Waals surface area contributed by atoms with Gasteiger partial charge >= 0.3 is 0 Å². The molecule has 0 aromatic heterocycles. The molecule has 1 aromatic rings. The van der Waals surface area contributed by atoms with Gasteiger partial charge in [0.1, 0.15) is 0 Å². The van der Waals surface area contributed by atoms with Crippen LogP contribution in [0.15, 0.2) is 23.8 Å². The first kappa shape index (κ1) is 11.5. The standard InChI is InChI=1S/C13H13NO3/c1-3-9-10(4-2)13(15)11-6-5-8(14(16)17)7-12(9)11/h5-7H,3-4H2,1-2H3. The van der Waals surface area contributed by atoms with Crippen molar-refractivity contribution in [2.45, 2.75) is 26.7 Å². The van der Waals surface area contributed by atoms with Crippen LogP contribution in [0.25, 0.3) is 5.57 Å². The summed E-state index contributed by atoms with van der Waals surface area (Å²) in [5.74, 6) is 0.0225. The first-order valence-electron chi connectivity index (χ1n) is 5.65. The summed E-state index contributed by atoms with van der Waals surface area (Å²) >= 11 is 0. The molecule has 0 spiro atoms. The lowest BCUT2D eigenvalue weighted by molar-refractivity contribution is -0.384. The van der Waals surface area contributed by atoms with Crippen LogP contribution in [-0.2, 0) is 0 Å². The number of non-ortho nitro benzene ring substituents is 1. The molecule has 4 heteroatoms. The molecule has 0 fully saturated rings. The third-order valence-electron chi connectivity index (χ3n) is 3.13. The zero-order valence-electron chi connectivity index (χ0n) is 9.82. The quantitative estimate of drug-likeness (QED) is 0.592. The molecule has 0 radical (unpaired) electrons. The van der Waals surface area contributed by atoms with E-state index in [1.807, 2.05) is 13.8 Å². The Morgan fingerprint density at radius 2 is 1.76 bits per heavy atom. The molecular weight excluding hydrogens is 218 g/mol. The minimum absolute atomic E-state index is 0.0225. The molecule has 2 rings (SSSR count). The molecule has 0 bridgehead atoms. The monoisotopic (exact) mass is 231 g/mol. The number of Topliss-reactive ketones (excluding diaryl/α,β-unsaturated/α-hetero) is 1. The minimum Gasteiger partial charge on any atom is -0.289 e. The Kier molecular flexibility index (Phi) is 2.79. The second-order valence-electron chi connectivity index (χ2n) is 3.98. The molecule has 0 atom stereocenters. The van der Waals surface area contributed by atoms with Crippen LogP contribution >= 0.6 is 0 Å². The highest BCUT2D eigenvalue weighted by atomic mass is 16.6. The Bertz CT molecular complexity index is 544. The van der Waals surface area contributed by atoms with Crippen molar-refractivity contribution in [3.63, 3.8) is 0 Å². The van der Waals surface area contributed by atoms with Gasteiger partial charge in [0.25, 0.3) is 5.69 Å². The number of allylic oxidation sites excluding steroid dienone is 2. The summed E-state index contributed by atoms with van der Waals surface area (Å²) in [6.07, 6.45) is 1.40. The average Bonchev–Trinajstić information content (AvgIpc) is 2.60. The maximum atomic E-state index is 12.1. The fourth-order valence-electron chi connectivity index (χ4n) is 2.33. The van der Waals surface area contributed by atoms with E-state index in [0.717, 1.165) is 23.1 Å². The normalized spacial score (nSPS) is 14.1. The number of benzene rings is 1. The lowest BCUT2D eigenvalue weighted by Crippen LogP contribution is -1.98. The number of fused-ring (bicyclic) bond motifs is 1. The second kappa shape index (κ2) is 4.13. The van der Waals surface area contributed by atoms with Gasteiger partial charge in [-0.15, -0.1) is 0 Å². The lowest BCUT2D eigenvalue weighted by Gasteiger charge is -2.02. The highest BCUT2D eigenvalue weighted by molar-refractivity contribution is 6.20. The third kappa shape index (κ3) is 1.65. The van der Waals surface area contributed by atoms with Crippen LogP contribution in [0.3, 0.4) is 0 Å². The number of nitro groups is 1. The van der Waals surface area contributed by atoms with Crippen molar-refractivity contribution in [2.24, 2.45) is 0 Å².